The molecule has 18 heavy (non-hydrogen) atoms. The Balaban J connectivity index is 4.21. The van der Waals surface area contributed by atoms with Gasteiger partial charge in [0.2, 0.25) is 5.91 Å². The van der Waals surface area contributed by atoms with Crippen LogP contribution in [0.2, 0.25) is 0 Å². The van der Waals surface area contributed by atoms with Crippen molar-refractivity contribution in [2.75, 3.05) is 19.6 Å². The first-order valence-electron chi connectivity index (χ1n) is 7.15. The van der Waals surface area contributed by atoms with E-state index in [-0.39, 0.29) is 5.91 Å². The van der Waals surface area contributed by atoms with Gasteiger partial charge >= 0.3 is 0 Å². The van der Waals surface area contributed by atoms with Crippen LogP contribution in [0, 0.1) is 11.8 Å². The Morgan fingerprint density at radius 1 is 1.39 bits per heavy atom. The van der Waals surface area contributed by atoms with Crippen molar-refractivity contribution in [2.45, 2.75) is 46.5 Å². The van der Waals surface area contributed by atoms with Crippen LogP contribution in [0.15, 0.2) is 12.7 Å². The van der Waals surface area contributed by atoms with Crippen molar-refractivity contribution in [1.29, 1.82) is 0 Å². The molecule has 0 heterocycles. The average molecular weight is 254 g/mol. The van der Waals surface area contributed by atoms with Crippen molar-refractivity contribution in [1.82, 2.24) is 4.90 Å². The van der Waals surface area contributed by atoms with Gasteiger partial charge in [-0.15, -0.1) is 6.58 Å². The Morgan fingerprint density at radius 3 is 2.50 bits per heavy atom. The summed E-state index contributed by atoms with van der Waals surface area (Å²) in [5, 5.41) is 0. The van der Waals surface area contributed by atoms with E-state index in [0.29, 0.717) is 31.3 Å². The SMILES string of the molecule is C=CCN(CCC)C(=O)CCC(CCN)C(C)C. The molecule has 106 valence electrons. The summed E-state index contributed by atoms with van der Waals surface area (Å²) in [7, 11) is 0. The highest BCUT2D eigenvalue weighted by Crippen LogP contribution is 2.20. The van der Waals surface area contributed by atoms with E-state index < -0.39 is 0 Å². The van der Waals surface area contributed by atoms with Crippen LogP contribution >= 0.6 is 0 Å². The monoisotopic (exact) mass is 254 g/mol. The topological polar surface area (TPSA) is 46.3 Å². The number of nitrogens with two attached hydrogens (primary N) is 1. The normalized spacial score (nSPS) is 12.5. The highest BCUT2D eigenvalue weighted by Gasteiger charge is 2.17. The molecule has 2 N–H and O–H groups in total. The lowest BCUT2D eigenvalue weighted by Crippen LogP contribution is -2.32. The molecule has 0 aliphatic heterocycles. The fraction of sp³-hybridized carbons (Fsp3) is 0.800. The van der Waals surface area contributed by atoms with E-state index >= 15 is 0 Å². The van der Waals surface area contributed by atoms with Crippen LogP contribution in [-0.2, 0) is 4.79 Å². The molecule has 3 heteroatoms. The van der Waals surface area contributed by atoms with E-state index in [4.69, 9.17) is 5.73 Å². The fourth-order valence-corrected chi connectivity index (χ4v) is 2.24. The Labute approximate surface area is 112 Å². The molecule has 1 amide bonds. The summed E-state index contributed by atoms with van der Waals surface area (Å²) < 4.78 is 0. The van der Waals surface area contributed by atoms with E-state index in [1.165, 1.54) is 0 Å². The predicted octanol–water partition coefficient (Wildman–Crippen LogP) is 2.81. The van der Waals surface area contributed by atoms with Gasteiger partial charge in [0.1, 0.15) is 0 Å². The highest BCUT2D eigenvalue weighted by atomic mass is 16.2. The van der Waals surface area contributed by atoms with E-state index in [0.717, 1.165) is 25.8 Å². The minimum Gasteiger partial charge on any atom is -0.339 e. The smallest absolute Gasteiger partial charge is 0.222 e. The number of hydrogen-bond donors (Lipinski definition) is 1. The third kappa shape index (κ3) is 6.80. The maximum atomic E-state index is 12.1. The zero-order valence-electron chi connectivity index (χ0n) is 12.3. The largest absolute Gasteiger partial charge is 0.339 e. The Kier molecular flexibility index (Phi) is 9.66. The number of rotatable bonds is 10. The number of nitrogens with zero attached hydrogens (tertiary/aromatic N) is 1. The fourth-order valence-electron chi connectivity index (χ4n) is 2.24. The zero-order valence-corrected chi connectivity index (χ0v) is 12.3. The molecule has 0 aliphatic carbocycles. The van der Waals surface area contributed by atoms with Gasteiger partial charge in [-0.3, -0.25) is 4.79 Å². The molecule has 0 radical (unpaired) electrons. The van der Waals surface area contributed by atoms with Crippen LogP contribution in [0.5, 0.6) is 0 Å². The quantitative estimate of drug-likeness (QED) is 0.609. The summed E-state index contributed by atoms with van der Waals surface area (Å²) in [5.41, 5.74) is 5.62. The molecular weight excluding hydrogens is 224 g/mol. The molecule has 0 aromatic heterocycles. The van der Waals surface area contributed by atoms with Gasteiger partial charge in [0.25, 0.3) is 0 Å². The average Bonchev–Trinajstić information content (AvgIpc) is 2.33. The minimum atomic E-state index is 0.249. The lowest BCUT2D eigenvalue weighted by Gasteiger charge is -2.24. The van der Waals surface area contributed by atoms with Crippen molar-refractivity contribution in [3.05, 3.63) is 12.7 Å². The van der Waals surface area contributed by atoms with Crippen molar-refractivity contribution in [3.63, 3.8) is 0 Å². The van der Waals surface area contributed by atoms with Crippen LogP contribution in [0.4, 0.5) is 0 Å². The standard InChI is InChI=1S/C15H30N2O/c1-5-11-17(12-6-2)15(18)8-7-14(9-10-16)13(3)4/h5,13-14H,1,6-12,16H2,2-4H3. The van der Waals surface area contributed by atoms with E-state index in [1.807, 2.05) is 4.90 Å². The molecule has 0 aliphatic rings. The number of carbonyl (C=O) groups excluding carboxylic acids is 1. The second-order valence-corrected chi connectivity index (χ2v) is 5.25. The van der Waals surface area contributed by atoms with Crippen LogP contribution in [0.25, 0.3) is 0 Å². The van der Waals surface area contributed by atoms with Crippen LogP contribution in [-0.4, -0.2) is 30.4 Å². The summed E-state index contributed by atoms with van der Waals surface area (Å²) in [4.78, 5) is 14.0. The number of carbonyl (C=O) groups is 1. The maximum absolute atomic E-state index is 12.1. The minimum absolute atomic E-state index is 0.249. The molecule has 0 spiro atoms. The summed E-state index contributed by atoms with van der Waals surface area (Å²) in [6, 6.07) is 0. The van der Waals surface area contributed by atoms with Crippen molar-refractivity contribution >= 4 is 5.91 Å². The second-order valence-electron chi connectivity index (χ2n) is 5.25. The van der Waals surface area contributed by atoms with E-state index in [2.05, 4.69) is 27.4 Å². The molecule has 0 bridgehead atoms. The summed E-state index contributed by atoms with van der Waals surface area (Å²) in [6.45, 7) is 12.4. The van der Waals surface area contributed by atoms with Gasteiger partial charge in [0.05, 0.1) is 0 Å². The summed E-state index contributed by atoms with van der Waals surface area (Å²) in [5.74, 6) is 1.41. The van der Waals surface area contributed by atoms with Crippen LogP contribution < -0.4 is 5.73 Å². The Hall–Kier alpha value is -0.830. The third-order valence-corrected chi connectivity index (χ3v) is 3.40. The van der Waals surface area contributed by atoms with Gasteiger partial charge in [0, 0.05) is 19.5 Å². The molecule has 1 atom stereocenters. The first-order valence-corrected chi connectivity index (χ1v) is 7.15. The molecule has 0 rings (SSSR count). The first kappa shape index (κ1) is 17.2. The molecule has 1 unspecified atom stereocenters. The Bertz CT molecular complexity index is 239. The highest BCUT2D eigenvalue weighted by molar-refractivity contribution is 5.76. The van der Waals surface area contributed by atoms with E-state index in [9.17, 15) is 4.79 Å². The van der Waals surface area contributed by atoms with Gasteiger partial charge in [0.15, 0.2) is 0 Å². The molecule has 0 aromatic carbocycles. The van der Waals surface area contributed by atoms with Gasteiger partial charge in [-0.1, -0.05) is 26.8 Å². The molecule has 0 saturated heterocycles. The number of amides is 1. The molecular formula is C15H30N2O. The first-order chi connectivity index (χ1) is 8.56. The van der Waals surface area contributed by atoms with Crippen molar-refractivity contribution in [2.24, 2.45) is 17.6 Å². The molecule has 3 nitrogen and oxygen atoms in total. The molecule has 0 saturated carbocycles. The maximum Gasteiger partial charge on any atom is 0.222 e. The van der Waals surface area contributed by atoms with Gasteiger partial charge in [-0.2, -0.15) is 0 Å². The summed E-state index contributed by atoms with van der Waals surface area (Å²) in [6.07, 6.45) is 5.39. The Morgan fingerprint density at radius 2 is 2.06 bits per heavy atom. The molecule has 0 aromatic rings. The lowest BCUT2D eigenvalue weighted by atomic mass is 9.88. The van der Waals surface area contributed by atoms with E-state index in [1.54, 1.807) is 6.08 Å². The lowest BCUT2D eigenvalue weighted by molar-refractivity contribution is -0.131. The van der Waals surface area contributed by atoms with Crippen LogP contribution in [0.3, 0.4) is 0 Å². The second kappa shape index (κ2) is 10.1. The zero-order chi connectivity index (χ0) is 14.0. The van der Waals surface area contributed by atoms with Crippen LogP contribution in [0.1, 0.15) is 46.5 Å². The van der Waals surface area contributed by atoms with Gasteiger partial charge in [-0.05, 0) is 37.6 Å². The number of hydrogen-bond acceptors (Lipinski definition) is 2. The predicted molar refractivity (Wildman–Crippen MR) is 78.3 cm³/mol. The molecule has 0 fully saturated rings. The van der Waals surface area contributed by atoms with Crippen molar-refractivity contribution < 1.29 is 4.79 Å². The van der Waals surface area contributed by atoms with Gasteiger partial charge < -0.3 is 10.6 Å². The van der Waals surface area contributed by atoms with Gasteiger partial charge in [-0.25, -0.2) is 0 Å². The summed E-state index contributed by atoms with van der Waals surface area (Å²) >= 11 is 0. The third-order valence-electron chi connectivity index (χ3n) is 3.40. The van der Waals surface area contributed by atoms with Crippen molar-refractivity contribution in [3.8, 4) is 0 Å².